The molecule has 0 amide bonds. The molecule has 0 aromatic heterocycles. The van der Waals surface area contributed by atoms with Gasteiger partial charge in [0.25, 0.3) is 0 Å². The molecule has 0 nitrogen and oxygen atoms in total. The van der Waals surface area contributed by atoms with Crippen molar-refractivity contribution in [2.24, 2.45) is 11.3 Å². The molecule has 0 unspecified atom stereocenters. The monoisotopic (exact) mass is 164 g/mol. The van der Waals surface area contributed by atoms with E-state index in [-0.39, 0.29) is 0 Å². The fourth-order valence-electron chi connectivity index (χ4n) is 1.54. The summed E-state index contributed by atoms with van der Waals surface area (Å²) in [7, 11) is 0. The van der Waals surface area contributed by atoms with Crippen LogP contribution in [0.3, 0.4) is 0 Å². The van der Waals surface area contributed by atoms with E-state index in [0.717, 1.165) is 0 Å². The van der Waals surface area contributed by atoms with Crippen LogP contribution >= 0.6 is 0 Å². The predicted octanol–water partition coefficient (Wildman–Crippen LogP) is 3.95. The minimum absolute atomic E-state index is 0.414. The third-order valence-electron chi connectivity index (χ3n) is 2.90. The van der Waals surface area contributed by atoms with Gasteiger partial charge in [-0.05, 0) is 24.2 Å². The first-order chi connectivity index (χ1) is 5.52. The Balaban J connectivity index is 2.69. The van der Waals surface area contributed by atoms with Gasteiger partial charge in [-0.2, -0.15) is 0 Å². The molecular formula is C12H20. The van der Waals surface area contributed by atoms with Crippen LogP contribution in [0.2, 0.25) is 0 Å². The lowest BCUT2D eigenvalue weighted by molar-refractivity contribution is 0.294. The second-order valence-corrected chi connectivity index (χ2v) is 4.80. The van der Waals surface area contributed by atoms with Crippen LogP contribution in [0.5, 0.6) is 0 Å². The van der Waals surface area contributed by atoms with Crippen molar-refractivity contribution in [2.45, 2.75) is 40.5 Å². The van der Waals surface area contributed by atoms with Crippen LogP contribution in [-0.2, 0) is 0 Å². The number of allylic oxidation sites excluding steroid dienone is 4. The Hall–Kier alpha value is -0.520. The summed E-state index contributed by atoms with van der Waals surface area (Å²) in [5.74, 6) is 0.711. The topological polar surface area (TPSA) is 0 Å². The first-order valence-electron chi connectivity index (χ1n) is 4.87. The Labute approximate surface area is 76.4 Å². The van der Waals surface area contributed by atoms with Gasteiger partial charge in [0, 0.05) is 0 Å². The van der Waals surface area contributed by atoms with Crippen LogP contribution in [-0.4, -0.2) is 0 Å². The average Bonchev–Trinajstić information content (AvgIpc) is 2.03. The van der Waals surface area contributed by atoms with E-state index in [1.165, 1.54) is 12.8 Å². The second-order valence-electron chi connectivity index (χ2n) is 4.80. The molecule has 0 bridgehead atoms. The molecule has 0 aromatic rings. The molecule has 0 spiro atoms. The SMILES string of the molecule is C[C@H](C1=CC=CCC1)C(C)(C)C. The van der Waals surface area contributed by atoms with Crippen molar-refractivity contribution < 1.29 is 0 Å². The van der Waals surface area contributed by atoms with Crippen LogP contribution in [0.1, 0.15) is 40.5 Å². The molecular weight excluding hydrogens is 144 g/mol. The zero-order valence-electron chi connectivity index (χ0n) is 8.72. The summed E-state index contributed by atoms with van der Waals surface area (Å²) < 4.78 is 0. The van der Waals surface area contributed by atoms with Gasteiger partial charge in [-0.15, -0.1) is 0 Å². The predicted molar refractivity (Wildman–Crippen MR) is 55.1 cm³/mol. The van der Waals surface area contributed by atoms with Crippen molar-refractivity contribution >= 4 is 0 Å². The lowest BCUT2D eigenvalue weighted by atomic mass is 9.75. The molecule has 1 aliphatic carbocycles. The molecule has 1 aliphatic rings. The van der Waals surface area contributed by atoms with Gasteiger partial charge in [-0.1, -0.05) is 51.5 Å². The molecule has 68 valence electrons. The van der Waals surface area contributed by atoms with Crippen LogP contribution in [0.4, 0.5) is 0 Å². The van der Waals surface area contributed by atoms with E-state index in [4.69, 9.17) is 0 Å². The molecule has 0 heterocycles. The van der Waals surface area contributed by atoms with Crippen LogP contribution in [0.25, 0.3) is 0 Å². The van der Waals surface area contributed by atoms with Gasteiger partial charge in [0.05, 0.1) is 0 Å². The zero-order chi connectivity index (χ0) is 9.19. The fraction of sp³-hybridized carbons (Fsp3) is 0.667. The van der Waals surface area contributed by atoms with E-state index < -0.39 is 0 Å². The maximum absolute atomic E-state index is 2.34. The normalized spacial score (nSPS) is 20.5. The highest BCUT2D eigenvalue weighted by Crippen LogP contribution is 2.34. The molecule has 0 saturated carbocycles. The Kier molecular flexibility index (Phi) is 2.76. The van der Waals surface area contributed by atoms with E-state index >= 15 is 0 Å². The molecule has 0 N–H and O–H groups in total. The van der Waals surface area contributed by atoms with Gasteiger partial charge in [0.15, 0.2) is 0 Å². The quantitative estimate of drug-likeness (QED) is 0.550. The van der Waals surface area contributed by atoms with Crippen molar-refractivity contribution in [1.29, 1.82) is 0 Å². The highest BCUT2D eigenvalue weighted by molar-refractivity contribution is 5.20. The van der Waals surface area contributed by atoms with E-state index in [9.17, 15) is 0 Å². The first-order valence-corrected chi connectivity index (χ1v) is 4.87. The van der Waals surface area contributed by atoms with Gasteiger partial charge in [0.1, 0.15) is 0 Å². The lowest BCUT2D eigenvalue weighted by Gasteiger charge is -2.30. The maximum Gasteiger partial charge on any atom is -0.0180 e. The van der Waals surface area contributed by atoms with Crippen molar-refractivity contribution in [3.63, 3.8) is 0 Å². The summed E-state index contributed by atoms with van der Waals surface area (Å²) in [6.07, 6.45) is 9.22. The van der Waals surface area contributed by atoms with Gasteiger partial charge < -0.3 is 0 Å². The summed E-state index contributed by atoms with van der Waals surface area (Å²) in [5, 5.41) is 0. The van der Waals surface area contributed by atoms with Gasteiger partial charge in [-0.3, -0.25) is 0 Å². The van der Waals surface area contributed by atoms with E-state index in [0.29, 0.717) is 11.3 Å². The minimum Gasteiger partial charge on any atom is -0.0842 e. The third-order valence-corrected chi connectivity index (χ3v) is 2.90. The average molecular weight is 164 g/mol. The van der Waals surface area contributed by atoms with Gasteiger partial charge in [0.2, 0.25) is 0 Å². The summed E-state index contributed by atoms with van der Waals surface area (Å²) >= 11 is 0. The van der Waals surface area contributed by atoms with Crippen molar-refractivity contribution in [1.82, 2.24) is 0 Å². The zero-order valence-corrected chi connectivity index (χ0v) is 8.72. The molecule has 0 fully saturated rings. The summed E-state index contributed by atoms with van der Waals surface area (Å²) in [6.45, 7) is 9.29. The van der Waals surface area contributed by atoms with E-state index in [1.54, 1.807) is 5.57 Å². The van der Waals surface area contributed by atoms with Crippen molar-refractivity contribution in [3.05, 3.63) is 23.8 Å². The third kappa shape index (κ3) is 2.23. The van der Waals surface area contributed by atoms with E-state index in [1.807, 2.05) is 0 Å². The smallest absolute Gasteiger partial charge is 0.0180 e. The molecule has 0 radical (unpaired) electrons. The van der Waals surface area contributed by atoms with Crippen molar-refractivity contribution in [3.8, 4) is 0 Å². The second kappa shape index (κ2) is 3.47. The lowest BCUT2D eigenvalue weighted by Crippen LogP contribution is -2.19. The van der Waals surface area contributed by atoms with Gasteiger partial charge >= 0.3 is 0 Å². The largest absolute Gasteiger partial charge is 0.0842 e. The van der Waals surface area contributed by atoms with Gasteiger partial charge in [-0.25, -0.2) is 0 Å². The summed E-state index contributed by atoms with van der Waals surface area (Å²) in [6, 6.07) is 0. The summed E-state index contributed by atoms with van der Waals surface area (Å²) in [5.41, 5.74) is 2.03. The Morgan fingerprint density at radius 2 is 2.00 bits per heavy atom. The highest BCUT2D eigenvalue weighted by Gasteiger charge is 2.23. The van der Waals surface area contributed by atoms with Crippen LogP contribution in [0, 0.1) is 11.3 Å². The molecule has 0 saturated heterocycles. The number of rotatable bonds is 1. The number of hydrogen-bond donors (Lipinski definition) is 0. The molecule has 0 aliphatic heterocycles. The standard InChI is InChI=1S/C12H20/c1-10(12(2,3)4)11-8-6-5-7-9-11/h5-6,8,10H,7,9H2,1-4H3/t10-/m1/s1. The first kappa shape index (κ1) is 9.57. The Morgan fingerprint density at radius 3 is 2.42 bits per heavy atom. The molecule has 1 atom stereocenters. The van der Waals surface area contributed by atoms with Crippen LogP contribution < -0.4 is 0 Å². The highest BCUT2D eigenvalue weighted by atomic mass is 14.3. The molecule has 1 rings (SSSR count). The Bertz CT molecular complexity index is 201. The number of hydrogen-bond acceptors (Lipinski definition) is 0. The Morgan fingerprint density at radius 1 is 1.33 bits per heavy atom. The molecule has 0 aromatic carbocycles. The van der Waals surface area contributed by atoms with E-state index in [2.05, 4.69) is 45.9 Å². The summed E-state index contributed by atoms with van der Waals surface area (Å²) in [4.78, 5) is 0. The molecule has 12 heavy (non-hydrogen) atoms. The maximum atomic E-state index is 2.34. The van der Waals surface area contributed by atoms with Crippen molar-refractivity contribution in [2.75, 3.05) is 0 Å². The fourth-order valence-corrected chi connectivity index (χ4v) is 1.54. The minimum atomic E-state index is 0.414. The molecule has 0 heteroatoms. The van der Waals surface area contributed by atoms with Crippen LogP contribution in [0.15, 0.2) is 23.8 Å².